The fourth-order valence-corrected chi connectivity index (χ4v) is 2.62. The Bertz CT molecular complexity index is 388. The molecule has 112 valence electrons. The second-order valence-corrected chi connectivity index (χ2v) is 5.94. The lowest BCUT2D eigenvalue weighted by Gasteiger charge is -2.28. The molecule has 1 aromatic carbocycles. The Balaban J connectivity index is 1.83. The maximum Gasteiger partial charge on any atom is 0.119 e. The van der Waals surface area contributed by atoms with Gasteiger partial charge < -0.3 is 14.8 Å². The predicted octanol–water partition coefficient (Wildman–Crippen LogP) is 3.52. The maximum absolute atomic E-state index is 6.07. The van der Waals surface area contributed by atoms with Gasteiger partial charge in [-0.1, -0.05) is 26.0 Å². The van der Waals surface area contributed by atoms with Crippen LogP contribution in [0.15, 0.2) is 24.3 Å². The second-order valence-electron chi connectivity index (χ2n) is 5.94. The van der Waals surface area contributed by atoms with Crippen LogP contribution in [0, 0.1) is 0 Å². The van der Waals surface area contributed by atoms with Crippen molar-refractivity contribution in [3.05, 3.63) is 29.8 Å². The van der Waals surface area contributed by atoms with E-state index >= 15 is 0 Å². The van der Waals surface area contributed by atoms with E-state index in [0.717, 1.165) is 31.6 Å². The lowest BCUT2D eigenvalue weighted by atomic mass is 9.95. The van der Waals surface area contributed by atoms with Gasteiger partial charge in [-0.3, -0.25) is 0 Å². The van der Waals surface area contributed by atoms with E-state index in [1.807, 2.05) is 0 Å². The zero-order valence-corrected chi connectivity index (χ0v) is 12.9. The molecule has 0 bridgehead atoms. The number of rotatable bonds is 6. The summed E-state index contributed by atoms with van der Waals surface area (Å²) in [6, 6.07) is 8.95. The Labute approximate surface area is 122 Å². The number of methoxy groups -OCH3 is 1. The summed E-state index contributed by atoms with van der Waals surface area (Å²) in [7, 11) is 1.80. The molecule has 0 aromatic heterocycles. The van der Waals surface area contributed by atoms with Crippen molar-refractivity contribution < 1.29 is 9.47 Å². The summed E-state index contributed by atoms with van der Waals surface area (Å²) in [6.45, 7) is 5.23. The van der Waals surface area contributed by atoms with Crippen LogP contribution in [0.2, 0.25) is 0 Å². The summed E-state index contributed by atoms with van der Waals surface area (Å²) < 4.78 is 11.5. The van der Waals surface area contributed by atoms with E-state index in [0.29, 0.717) is 18.2 Å². The Morgan fingerprint density at radius 3 is 2.50 bits per heavy atom. The molecule has 1 aliphatic rings. The van der Waals surface area contributed by atoms with Gasteiger partial charge in [0, 0.05) is 26.1 Å². The molecule has 0 spiro atoms. The van der Waals surface area contributed by atoms with E-state index in [-0.39, 0.29) is 0 Å². The largest absolute Gasteiger partial charge is 0.490 e. The highest BCUT2D eigenvalue weighted by atomic mass is 16.5. The summed E-state index contributed by atoms with van der Waals surface area (Å²) >= 11 is 0. The first-order chi connectivity index (χ1) is 9.67. The molecule has 2 unspecified atom stereocenters. The van der Waals surface area contributed by atoms with Crippen LogP contribution in [0.5, 0.6) is 5.75 Å². The van der Waals surface area contributed by atoms with Gasteiger partial charge in [-0.2, -0.15) is 0 Å². The van der Waals surface area contributed by atoms with Crippen LogP contribution in [0.25, 0.3) is 0 Å². The molecule has 3 heteroatoms. The average Bonchev–Trinajstić information content (AvgIpc) is 2.47. The molecule has 20 heavy (non-hydrogen) atoms. The van der Waals surface area contributed by atoms with Crippen molar-refractivity contribution in [3.8, 4) is 5.75 Å². The molecule has 0 aliphatic heterocycles. The number of nitrogens with one attached hydrogen (secondary N) is 1. The van der Waals surface area contributed by atoms with Crippen LogP contribution in [0.4, 0.5) is 0 Å². The Kier molecular flexibility index (Phi) is 5.86. The summed E-state index contributed by atoms with van der Waals surface area (Å²) in [5, 5.41) is 3.42. The molecule has 1 N–H and O–H groups in total. The van der Waals surface area contributed by atoms with Gasteiger partial charge in [0.15, 0.2) is 0 Å². The molecule has 1 aromatic rings. The molecule has 1 fully saturated rings. The lowest BCUT2D eigenvalue weighted by Crippen LogP contribution is -2.29. The fourth-order valence-electron chi connectivity index (χ4n) is 2.62. The summed E-state index contributed by atoms with van der Waals surface area (Å²) in [6.07, 6.45) is 5.16. The number of hydrogen-bond acceptors (Lipinski definition) is 3. The third kappa shape index (κ3) is 4.80. The zero-order chi connectivity index (χ0) is 14.4. The van der Waals surface area contributed by atoms with E-state index in [1.165, 1.54) is 12.0 Å². The lowest BCUT2D eigenvalue weighted by molar-refractivity contribution is 0.0209. The Hall–Kier alpha value is -1.06. The van der Waals surface area contributed by atoms with E-state index < -0.39 is 0 Å². The zero-order valence-electron chi connectivity index (χ0n) is 12.9. The summed E-state index contributed by atoms with van der Waals surface area (Å²) in [5.41, 5.74) is 1.30. The van der Waals surface area contributed by atoms with E-state index in [2.05, 4.69) is 43.4 Å². The van der Waals surface area contributed by atoms with Crippen LogP contribution in [-0.2, 0) is 11.3 Å². The molecule has 1 aliphatic carbocycles. The number of benzene rings is 1. The molecule has 3 nitrogen and oxygen atoms in total. The van der Waals surface area contributed by atoms with Crippen LogP contribution in [0.3, 0.4) is 0 Å². The van der Waals surface area contributed by atoms with Crippen LogP contribution >= 0.6 is 0 Å². The van der Waals surface area contributed by atoms with E-state index in [1.54, 1.807) is 7.11 Å². The minimum Gasteiger partial charge on any atom is -0.490 e. The second kappa shape index (κ2) is 7.65. The van der Waals surface area contributed by atoms with E-state index in [4.69, 9.17) is 9.47 Å². The van der Waals surface area contributed by atoms with Gasteiger partial charge in [0.1, 0.15) is 11.9 Å². The van der Waals surface area contributed by atoms with Gasteiger partial charge in [0.25, 0.3) is 0 Å². The smallest absolute Gasteiger partial charge is 0.119 e. The Morgan fingerprint density at radius 1 is 1.15 bits per heavy atom. The van der Waals surface area contributed by atoms with Gasteiger partial charge in [0.05, 0.1) is 6.10 Å². The monoisotopic (exact) mass is 277 g/mol. The minimum absolute atomic E-state index is 0.299. The quantitative estimate of drug-likeness (QED) is 0.863. The SMILES string of the molecule is COC1CCCC(Oc2ccc(CNC(C)C)cc2)C1. The minimum atomic E-state index is 0.299. The Morgan fingerprint density at radius 2 is 1.85 bits per heavy atom. The highest BCUT2D eigenvalue weighted by Gasteiger charge is 2.22. The van der Waals surface area contributed by atoms with Crippen molar-refractivity contribution in [2.24, 2.45) is 0 Å². The van der Waals surface area contributed by atoms with Crippen molar-refractivity contribution in [2.75, 3.05) is 7.11 Å². The molecule has 2 atom stereocenters. The fraction of sp³-hybridized carbons (Fsp3) is 0.647. The third-order valence-electron chi connectivity index (χ3n) is 3.85. The number of ether oxygens (including phenoxy) is 2. The van der Waals surface area contributed by atoms with Gasteiger partial charge >= 0.3 is 0 Å². The normalized spacial score (nSPS) is 23.0. The van der Waals surface area contributed by atoms with Crippen LogP contribution in [-0.4, -0.2) is 25.4 Å². The van der Waals surface area contributed by atoms with Crippen molar-refractivity contribution in [1.29, 1.82) is 0 Å². The van der Waals surface area contributed by atoms with Crippen LogP contribution < -0.4 is 10.1 Å². The van der Waals surface area contributed by atoms with Crippen molar-refractivity contribution in [1.82, 2.24) is 5.32 Å². The first-order valence-corrected chi connectivity index (χ1v) is 7.69. The molecular formula is C17H27NO2. The van der Waals surface area contributed by atoms with Gasteiger partial charge in [-0.05, 0) is 37.0 Å². The summed E-state index contributed by atoms with van der Waals surface area (Å²) in [5.74, 6) is 0.972. The molecule has 0 amide bonds. The number of hydrogen-bond donors (Lipinski definition) is 1. The highest BCUT2D eigenvalue weighted by molar-refractivity contribution is 5.27. The first-order valence-electron chi connectivity index (χ1n) is 7.69. The molecular weight excluding hydrogens is 250 g/mol. The maximum atomic E-state index is 6.07. The van der Waals surface area contributed by atoms with Gasteiger partial charge in [0.2, 0.25) is 0 Å². The topological polar surface area (TPSA) is 30.5 Å². The van der Waals surface area contributed by atoms with Gasteiger partial charge in [-0.15, -0.1) is 0 Å². The third-order valence-corrected chi connectivity index (χ3v) is 3.85. The molecule has 1 saturated carbocycles. The van der Waals surface area contributed by atoms with Crippen molar-refractivity contribution in [3.63, 3.8) is 0 Å². The highest BCUT2D eigenvalue weighted by Crippen LogP contribution is 2.25. The molecule has 2 rings (SSSR count). The molecule has 0 radical (unpaired) electrons. The predicted molar refractivity (Wildman–Crippen MR) is 82.1 cm³/mol. The van der Waals surface area contributed by atoms with Crippen molar-refractivity contribution in [2.45, 2.75) is 64.3 Å². The standard InChI is InChI=1S/C17H27NO2/c1-13(2)18-12-14-7-9-15(10-8-14)20-17-6-4-5-16(11-17)19-3/h7-10,13,16-18H,4-6,11-12H2,1-3H3. The van der Waals surface area contributed by atoms with Crippen LogP contribution in [0.1, 0.15) is 45.1 Å². The van der Waals surface area contributed by atoms with E-state index in [9.17, 15) is 0 Å². The van der Waals surface area contributed by atoms with Gasteiger partial charge in [-0.25, -0.2) is 0 Å². The first kappa shape index (κ1) is 15.3. The molecule has 0 heterocycles. The molecule has 0 saturated heterocycles. The summed E-state index contributed by atoms with van der Waals surface area (Å²) in [4.78, 5) is 0. The average molecular weight is 277 g/mol. The van der Waals surface area contributed by atoms with Crippen molar-refractivity contribution >= 4 is 0 Å².